The Balaban J connectivity index is 1.95. The molecule has 0 saturated carbocycles. The molecule has 11 heteroatoms. The van der Waals surface area contributed by atoms with Crippen molar-refractivity contribution in [3.8, 4) is 5.82 Å². The molecule has 0 amide bonds. The summed E-state index contributed by atoms with van der Waals surface area (Å²) >= 11 is 0. The summed E-state index contributed by atoms with van der Waals surface area (Å²) in [7, 11) is 0. The summed E-state index contributed by atoms with van der Waals surface area (Å²) in [5.41, 5.74) is 6.42. The Hall–Kier alpha value is -2.53. The van der Waals surface area contributed by atoms with Crippen LogP contribution in [-0.4, -0.2) is 64.2 Å². The molecule has 3 heterocycles. The fraction of sp³-hybridized carbons (Fsp3) is 0.583. The van der Waals surface area contributed by atoms with Gasteiger partial charge in [-0.25, -0.2) is 9.42 Å². The molecule has 1 saturated heterocycles. The van der Waals surface area contributed by atoms with Crippen LogP contribution in [0, 0.1) is 0 Å². The Morgan fingerprint density at radius 3 is 2.83 bits per heavy atom. The second-order valence-electron chi connectivity index (χ2n) is 5.03. The lowest BCUT2D eigenvalue weighted by Gasteiger charge is -2.23. The number of hydrogen-bond acceptors (Lipinski definition) is 9. The van der Waals surface area contributed by atoms with Gasteiger partial charge < -0.3 is 20.1 Å². The van der Waals surface area contributed by atoms with Crippen LogP contribution in [-0.2, 0) is 16.0 Å². The van der Waals surface area contributed by atoms with Crippen LogP contribution in [0.3, 0.4) is 0 Å². The third kappa shape index (κ3) is 3.14. The number of nitrogen functional groups attached to an aromatic ring is 1. The highest BCUT2D eigenvalue weighted by Crippen LogP contribution is 2.15. The molecule has 3 rings (SSSR count). The summed E-state index contributed by atoms with van der Waals surface area (Å²) in [6.45, 7) is 5.47. The number of rotatable bonds is 5. The summed E-state index contributed by atoms with van der Waals surface area (Å²) in [5.74, 6) is -0.254. The lowest BCUT2D eigenvalue weighted by molar-refractivity contribution is -0.921. The molecule has 3 N–H and O–H groups in total. The Kier molecular flexibility index (Phi) is 4.48. The molecule has 23 heavy (non-hydrogen) atoms. The van der Waals surface area contributed by atoms with Crippen LogP contribution in [0.4, 0.5) is 5.82 Å². The predicted octanol–water partition coefficient (Wildman–Crippen LogP) is -2.18. The van der Waals surface area contributed by atoms with Gasteiger partial charge in [0.05, 0.1) is 19.8 Å². The largest absolute Gasteiger partial charge is 0.461 e. The maximum Gasteiger partial charge on any atom is 0.361 e. The Morgan fingerprint density at radius 1 is 1.39 bits per heavy atom. The summed E-state index contributed by atoms with van der Waals surface area (Å²) in [6, 6.07) is 0. The molecule has 0 unspecified atom stereocenters. The SMILES string of the molecule is CCOC(=O)c1nnn(-c2nonc2N)c1C[NH+]1CCOCC1. The molecule has 0 radical (unpaired) electrons. The van der Waals surface area contributed by atoms with Crippen LogP contribution >= 0.6 is 0 Å². The Morgan fingerprint density at radius 2 is 2.17 bits per heavy atom. The van der Waals surface area contributed by atoms with E-state index < -0.39 is 5.97 Å². The van der Waals surface area contributed by atoms with Crippen LogP contribution in [0.2, 0.25) is 0 Å². The normalized spacial score (nSPS) is 15.7. The molecule has 11 nitrogen and oxygen atoms in total. The van der Waals surface area contributed by atoms with E-state index in [2.05, 4.69) is 25.3 Å². The molecule has 0 aliphatic carbocycles. The molecule has 2 aromatic heterocycles. The van der Waals surface area contributed by atoms with Gasteiger partial charge in [0.2, 0.25) is 11.6 Å². The monoisotopic (exact) mass is 324 g/mol. The van der Waals surface area contributed by atoms with E-state index in [-0.39, 0.29) is 23.9 Å². The van der Waals surface area contributed by atoms with Crippen molar-refractivity contribution in [1.29, 1.82) is 0 Å². The van der Waals surface area contributed by atoms with E-state index in [0.717, 1.165) is 13.1 Å². The number of nitrogens with two attached hydrogens (primary N) is 1. The minimum atomic E-state index is -0.531. The van der Waals surface area contributed by atoms with E-state index >= 15 is 0 Å². The molecular formula is C12H18N7O4+. The molecular weight excluding hydrogens is 306 g/mol. The van der Waals surface area contributed by atoms with Gasteiger partial charge in [-0.15, -0.1) is 5.10 Å². The maximum absolute atomic E-state index is 12.1. The number of carbonyl (C=O) groups is 1. The number of ether oxygens (including phenoxy) is 2. The minimum absolute atomic E-state index is 0.0727. The molecule has 0 bridgehead atoms. The number of nitrogens with zero attached hydrogens (tertiary/aromatic N) is 5. The highest BCUT2D eigenvalue weighted by molar-refractivity contribution is 5.88. The molecule has 1 aliphatic rings. The van der Waals surface area contributed by atoms with Gasteiger partial charge >= 0.3 is 5.97 Å². The van der Waals surface area contributed by atoms with Crippen molar-refractivity contribution in [3.63, 3.8) is 0 Å². The lowest BCUT2D eigenvalue weighted by atomic mass is 10.2. The van der Waals surface area contributed by atoms with Crippen LogP contribution in [0.5, 0.6) is 0 Å². The highest BCUT2D eigenvalue weighted by Gasteiger charge is 2.28. The van der Waals surface area contributed by atoms with Gasteiger partial charge in [0.1, 0.15) is 25.3 Å². The topological polar surface area (TPSA) is 136 Å². The number of quaternary nitrogens is 1. The third-order valence-corrected chi connectivity index (χ3v) is 3.55. The van der Waals surface area contributed by atoms with Gasteiger partial charge in [0, 0.05) is 0 Å². The first kappa shape index (κ1) is 15.4. The summed E-state index contributed by atoms with van der Waals surface area (Å²) < 4.78 is 16.4. The average molecular weight is 324 g/mol. The molecule has 0 spiro atoms. The van der Waals surface area contributed by atoms with Crippen LogP contribution in [0.1, 0.15) is 23.1 Å². The van der Waals surface area contributed by atoms with E-state index in [1.54, 1.807) is 6.92 Å². The first-order chi connectivity index (χ1) is 11.2. The van der Waals surface area contributed by atoms with Crippen molar-refractivity contribution >= 4 is 11.8 Å². The van der Waals surface area contributed by atoms with E-state index in [1.165, 1.54) is 9.58 Å². The van der Waals surface area contributed by atoms with E-state index in [1.807, 2.05) is 0 Å². The van der Waals surface area contributed by atoms with E-state index in [4.69, 9.17) is 15.2 Å². The fourth-order valence-electron chi connectivity index (χ4n) is 2.40. The second-order valence-corrected chi connectivity index (χ2v) is 5.03. The van der Waals surface area contributed by atoms with Crippen LogP contribution in [0.25, 0.3) is 5.82 Å². The number of esters is 1. The zero-order valence-corrected chi connectivity index (χ0v) is 12.7. The number of nitrogens with one attached hydrogen (secondary N) is 1. The molecule has 1 fully saturated rings. The van der Waals surface area contributed by atoms with Crippen molar-refractivity contribution < 1.29 is 23.8 Å². The fourth-order valence-corrected chi connectivity index (χ4v) is 2.40. The van der Waals surface area contributed by atoms with Gasteiger partial charge in [-0.05, 0) is 17.2 Å². The zero-order chi connectivity index (χ0) is 16.2. The Bertz CT molecular complexity index is 677. The smallest absolute Gasteiger partial charge is 0.361 e. The first-order valence-electron chi connectivity index (χ1n) is 7.32. The Labute approximate surface area is 131 Å². The van der Waals surface area contributed by atoms with Gasteiger partial charge in [0.25, 0.3) is 0 Å². The zero-order valence-electron chi connectivity index (χ0n) is 12.7. The predicted molar refractivity (Wildman–Crippen MR) is 74.8 cm³/mol. The highest BCUT2D eigenvalue weighted by atomic mass is 16.6. The number of hydrogen-bond donors (Lipinski definition) is 2. The second kappa shape index (κ2) is 6.71. The van der Waals surface area contributed by atoms with Crippen LogP contribution in [0.15, 0.2) is 4.63 Å². The average Bonchev–Trinajstić information content (AvgIpc) is 3.14. The number of anilines is 1. The standard InChI is InChI=1S/C12H17N7O4/c1-2-22-12(20)9-8(7-18-3-5-21-6-4-18)19(17-14-9)11-10(13)15-23-16-11/h2-7H2,1H3,(H2,13,15)/p+1. The molecule has 0 aromatic carbocycles. The van der Waals surface area contributed by atoms with Gasteiger partial charge in [-0.3, -0.25) is 0 Å². The summed E-state index contributed by atoms with van der Waals surface area (Å²) in [4.78, 5) is 13.3. The molecule has 124 valence electrons. The summed E-state index contributed by atoms with van der Waals surface area (Å²) in [6.07, 6.45) is 0. The van der Waals surface area contributed by atoms with Crippen LogP contribution < -0.4 is 10.6 Å². The van der Waals surface area contributed by atoms with Gasteiger partial charge in [-0.1, -0.05) is 5.21 Å². The first-order valence-corrected chi connectivity index (χ1v) is 7.32. The lowest BCUT2D eigenvalue weighted by Crippen LogP contribution is -3.12. The van der Waals surface area contributed by atoms with Crippen molar-refractivity contribution in [2.75, 3.05) is 38.6 Å². The van der Waals surface area contributed by atoms with Gasteiger partial charge in [0.15, 0.2) is 5.69 Å². The molecule has 0 atom stereocenters. The maximum atomic E-state index is 12.1. The van der Waals surface area contributed by atoms with Crippen molar-refractivity contribution in [2.24, 2.45) is 0 Å². The number of aromatic nitrogens is 5. The van der Waals surface area contributed by atoms with E-state index in [9.17, 15) is 4.79 Å². The minimum Gasteiger partial charge on any atom is -0.461 e. The summed E-state index contributed by atoms with van der Waals surface area (Å²) in [5, 5.41) is 15.1. The number of morpholine rings is 1. The van der Waals surface area contributed by atoms with Crippen molar-refractivity contribution in [3.05, 3.63) is 11.4 Å². The van der Waals surface area contributed by atoms with Crippen molar-refractivity contribution in [2.45, 2.75) is 13.5 Å². The van der Waals surface area contributed by atoms with Gasteiger partial charge in [-0.2, -0.15) is 4.68 Å². The van der Waals surface area contributed by atoms with Crippen molar-refractivity contribution in [1.82, 2.24) is 25.3 Å². The molecule has 1 aliphatic heterocycles. The molecule has 2 aromatic rings. The third-order valence-electron chi connectivity index (χ3n) is 3.55. The number of carbonyl (C=O) groups excluding carboxylic acids is 1. The van der Waals surface area contributed by atoms with E-state index in [0.29, 0.717) is 25.5 Å². The quantitative estimate of drug-likeness (QED) is 0.588.